The summed E-state index contributed by atoms with van der Waals surface area (Å²) in [5, 5.41) is 15.1. The van der Waals surface area contributed by atoms with Crippen molar-refractivity contribution in [1.82, 2.24) is 19.7 Å². The number of ether oxygens (including phenoxy) is 1. The molecule has 1 aliphatic heterocycles. The van der Waals surface area contributed by atoms with E-state index in [1.165, 1.54) is 47.0 Å². The second-order valence-corrected chi connectivity index (χ2v) is 9.98. The van der Waals surface area contributed by atoms with Gasteiger partial charge in [0.25, 0.3) is 5.91 Å². The molecule has 0 aliphatic carbocycles. The lowest BCUT2D eigenvalue weighted by Gasteiger charge is -2.33. The van der Waals surface area contributed by atoms with E-state index in [0.29, 0.717) is 39.2 Å². The lowest BCUT2D eigenvalue weighted by molar-refractivity contribution is -0.114. The number of rotatable bonds is 11. The lowest BCUT2D eigenvalue weighted by Crippen LogP contribution is -2.45. The van der Waals surface area contributed by atoms with E-state index < -0.39 is 23.4 Å². The number of benzene rings is 1. The van der Waals surface area contributed by atoms with E-state index in [1.807, 2.05) is 0 Å². The summed E-state index contributed by atoms with van der Waals surface area (Å²) in [5.41, 5.74) is 27.4. The Morgan fingerprint density at radius 3 is 2.60 bits per heavy atom. The first kappa shape index (κ1) is 31.8. The summed E-state index contributed by atoms with van der Waals surface area (Å²) in [7, 11) is 0. The predicted molar refractivity (Wildman–Crippen MR) is 159 cm³/mol. The van der Waals surface area contributed by atoms with Crippen LogP contribution in [-0.2, 0) is 29.2 Å². The molecule has 4 rings (SSSR count). The minimum Gasteiger partial charge on any atom is -0.443 e. The number of pyridine rings is 1. The summed E-state index contributed by atoms with van der Waals surface area (Å²) in [6.45, 7) is 1.19. The van der Waals surface area contributed by atoms with Crippen LogP contribution in [0.3, 0.4) is 0 Å². The first-order valence-corrected chi connectivity index (χ1v) is 13.2. The van der Waals surface area contributed by atoms with Crippen LogP contribution in [0.4, 0.5) is 14.9 Å². The van der Waals surface area contributed by atoms with Crippen molar-refractivity contribution in [2.24, 2.45) is 21.2 Å². The first-order chi connectivity index (χ1) is 21.7. The molecule has 18 nitrogen and oxygen atoms in total. The molecule has 2 N–H and O–H groups in total. The van der Waals surface area contributed by atoms with Gasteiger partial charge in [0.2, 0.25) is 0 Å². The number of hydrogen-bond donors (Lipinski definition) is 1. The Labute approximate surface area is 254 Å². The molecule has 2 amide bonds. The van der Waals surface area contributed by atoms with Crippen LogP contribution < -0.4 is 10.9 Å². The van der Waals surface area contributed by atoms with Crippen LogP contribution in [-0.4, -0.2) is 56.9 Å². The number of halogens is 1. The van der Waals surface area contributed by atoms with Gasteiger partial charge in [-0.2, -0.15) is 5.10 Å². The molecule has 19 heteroatoms. The predicted octanol–water partition coefficient (Wildman–Crippen LogP) is 5.15. The number of hydrazine groups is 1. The molecule has 230 valence electrons. The van der Waals surface area contributed by atoms with Crippen molar-refractivity contribution >= 4 is 23.8 Å². The third kappa shape index (κ3) is 7.84. The largest absolute Gasteiger partial charge is 0.443 e. The molecule has 0 fully saturated rings. The highest BCUT2D eigenvalue weighted by Gasteiger charge is 2.32. The van der Waals surface area contributed by atoms with Crippen molar-refractivity contribution in [2.45, 2.75) is 32.2 Å². The van der Waals surface area contributed by atoms with Gasteiger partial charge in [-0.25, -0.2) is 20.0 Å². The number of azide groups is 3. The van der Waals surface area contributed by atoms with Crippen LogP contribution in [0.15, 0.2) is 64.4 Å². The van der Waals surface area contributed by atoms with Gasteiger partial charge < -0.3 is 9.64 Å². The average Bonchev–Trinajstić information content (AvgIpc) is 3.52. The Bertz CT molecular complexity index is 1750. The van der Waals surface area contributed by atoms with Gasteiger partial charge in [-0.15, -0.1) is 0 Å². The minimum absolute atomic E-state index is 0.00608. The maximum atomic E-state index is 15.2. The summed E-state index contributed by atoms with van der Waals surface area (Å²) < 4.78 is 22.2. The maximum absolute atomic E-state index is 15.2. The van der Waals surface area contributed by atoms with Gasteiger partial charge in [0.05, 0.1) is 25.0 Å². The Kier molecular flexibility index (Phi) is 10.2. The molecule has 2 aromatic heterocycles. The molecule has 45 heavy (non-hydrogen) atoms. The summed E-state index contributed by atoms with van der Waals surface area (Å²) in [4.78, 5) is 39.3. The Morgan fingerprint density at radius 2 is 1.89 bits per heavy atom. The van der Waals surface area contributed by atoms with Crippen molar-refractivity contribution in [3.63, 3.8) is 0 Å². The van der Waals surface area contributed by atoms with E-state index in [4.69, 9.17) is 27.2 Å². The number of fused-ring (bicyclic) bond motifs is 1. The third-order valence-electron chi connectivity index (χ3n) is 6.78. The summed E-state index contributed by atoms with van der Waals surface area (Å²) in [5.74, 6) is 4.55. The zero-order valence-corrected chi connectivity index (χ0v) is 23.9. The molecule has 0 bridgehead atoms. The molecule has 3 aromatic rings. The highest BCUT2D eigenvalue weighted by molar-refractivity contribution is 6.03. The first-order valence-electron chi connectivity index (χ1n) is 13.2. The SMILES string of the molecule is CC(CN=[N+]=[N-])(CN=[N+]=[N-])OC(=O)N1CCc2cc(N(N)C(=O)/C=C/c3cnccc3-c3cnn(CN=[N+]=[N-])c3)c(F)cc2C1. The zero-order valence-electron chi connectivity index (χ0n) is 23.9. The van der Waals surface area contributed by atoms with Crippen molar-refractivity contribution in [2.75, 3.05) is 24.6 Å². The van der Waals surface area contributed by atoms with Crippen molar-refractivity contribution in [1.29, 1.82) is 0 Å². The lowest BCUT2D eigenvalue weighted by atomic mass is 9.98. The van der Waals surface area contributed by atoms with Crippen LogP contribution in [0.2, 0.25) is 0 Å². The zero-order chi connectivity index (χ0) is 32.4. The quantitative estimate of drug-likeness (QED) is 0.0580. The second kappa shape index (κ2) is 14.4. The van der Waals surface area contributed by atoms with E-state index >= 15 is 4.39 Å². The second-order valence-electron chi connectivity index (χ2n) is 9.98. The summed E-state index contributed by atoms with van der Waals surface area (Å²) in [6, 6.07) is 4.38. The maximum Gasteiger partial charge on any atom is 0.410 e. The van der Waals surface area contributed by atoms with Crippen LogP contribution in [0.25, 0.3) is 48.5 Å². The molecule has 0 spiro atoms. The molecule has 0 atom stereocenters. The molecule has 0 saturated carbocycles. The van der Waals surface area contributed by atoms with Crippen molar-refractivity contribution < 1.29 is 18.7 Å². The minimum atomic E-state index is -1.37. The van der Waals surface area contributed by atoms with Gasteiger partial charge in [0, 0.05) is 63.6 Å². The molecular weight excluding hydrogens is 589 g/mol. The van der Waals surface area contributed by atoms with E-state index in [2.05, 4.69) is 40.2 Å². The topological polar surface area (TPSA) is 253 Å². The fourth-order valence-corrected chi connectivity index (χ4v) is 4.49. The number of carbonyl (C=O) groups is 2. The van der Waals surface area contributed by atoms with Crippen molar-refractivity contribution in [3.05, 3.63) is 103 Å². The normalized spacial score (nSPS) is 13.4. The van der Waals surface area contributed by atoms with Crippen LogP contribution >= 0.6 is 0 Å². The number of hydrogen-bond acceptors (Lipinski definition) is 9. The van der Waals surface area contributed by atoms with Gasteiger partial charge in [0.1, 0.15) is 18.1 Å². The monoisotopic (exact) mass is 615 g/mol. The number of amides is 2. The Morgan fingerprint density at radius 1 is 1.16 bits per heavy atom. The molecule has 1 aromatic carbocycles. The van der Waals surface area contributed by atoms with Gasteiger partial charge in [-0.3, -0.25) is 14.5 Å². The number of aromatic nitrogens is 3. The molecule has 3 heterocycles. The van der Waals surface area contributed by atoms with Crippen LogP contribution in [0.1, 0.15) is 23.6 Å². The Hall–Kier alpha value is -6.12. The van der Waals surface area contributed by atoms with E-state index in [1.54, 1.807) is 24.7 Å². The van der Waals surface area contributed by atoms with Gasteiger partial charge >= 0.3 is 6.09 Å². The number of anilines is 1. The fourth-order valence-electron chi connectivity index (χ4n) is 4.49. The third-order valence-corrected chi connectivity index (χ3v) is 6.78. The molecule has 1 aliphatic rings. The molecule has 0 saturated heterocycles. The Balaban J connectivity index is 1.47. The van der Waals surface area contributed by atoms with Gasteiger partial charge in [-0.05, 0) is 70.9 Å². The summed E-state index contributed by atoms with van der Waals surface area (Å²) in [6.07, 6.45) is 8.59. The van der Waals surface area contributed by atoms with Gasteiger partial charge in [0.15, 0.2) is 0 Å². The highest BCUT2D eigenvalue weighted by atomic mass is 19.1. The highest BCUT2D eigenvalue weighted by Crippen LogP contribution is 2.29. The van der Waals surface area contributed by atoms with E-state index in [0.717, 1.165) is 0 Å². The molecular formula is C26H26FN15O3. The van der Waals surface area contributed by atoms with Crippen LogP contribution in [0.5, 0.6) is 0 Å². The number of nitrogens with zero attached hydrogens (tertiary/aromatic N) is 14. The van der Waals surface area contributed by atoms with Gasteiger partial charge in [-0.1, -0.05) is 15.3 Å². The molecule has 0 radical (unpaired) electrons. The van der Waals surface area contributed by atoms with E-state index in [-0.39, 0.29) is 38.5 Å². The summed E-state index contributed by atoms with van der Waals surface area (Å²) >= 11 is 0. The van der Waals surface area contributed by atoms with Crippen LogP contribution in [0, 0.1) is 5.82 Å². The average molecular weight is 616 g/mol. The van der Waals surface area contributed by atoms with Crippen molar-refractivity contribution in [3.8, 4) is 11.1 Å². The number of nitrogens with two attached hydrogens (primary N) is 1. The smallest absolute Gasteiger partial charge is 0.410 e. The molecule has 0 unspecified atom stereocenters. The standard InChI is InChI=1S/C26H26FN15O3/c1-26(14-33-37-28,15-34-38-29)45-25(44)40-7-5-17-9-23(22(27)8-19(17)12-40)42(31)24(43)3-2-18-10-32-6-4-21(18)20-11-36-41(13-20)16-35-39-30/h2-4,6,8-11,13H,5,7,12,14-16,31H2,1H3/b3-2+. The number of carbonyl (C=O) groups excluding carboxylic acids is 2. The van der Waals surface area contributed by atoms with E-state index in [9.17, 15) is 9.59 Å². The fraction of sp³-hybridized carbons (Fsp3) is 0.308.